The normalized spacial score (nSPS) is 16.1. The maximum atomic E-state index is 9.70. The van der Waals surface area contributed by atoms with Gasteiger partial charge < -0.3 is 24.1 Å². The first-order chi connectivity index (χ1) is 16.6. The topological polar surface area (TPSA) is 64.3 Å². The summed E-state index contributed by atoms with van der Waals surface area (Å²) in [7, 11) is 5.03. The van der Waals surface area contributed by atoms with Crippen molar-refractivity contribution in [3.63, 3.8) is 0 Å². The van der Waals surface area contributed by atoms with Crippen LogP contribution in [0, 0.1) is 0 Å². The molecule has 1 aromatic heterocycles. The van der Waals surface area contributed by atoms with Gasteiger partial charge in [-0.15, -0.1) is 0 Å². The molecule has 0 unspecified atom stereocenters. The molecule has 1 N–H and O–H groups in total. The Labute approximate surface area is 200 Å². The number of fused-ring (bicyclic) bond motifs is 4. The number of piperidine rings is 1. The van der Waals surface area contributed by atoms with Crippen LogP contribution >= 0.6 is 0 Å². The van der Waals surface area contributed by atoms with E-state index in [4.69, 9.17) is 18.9 Å². The summed E-state index contributed by atoms with van der Waals surface area (Å²) in [5.74, 6) is 3.02. The lowest BCUT2D eigenvalue weighted by molar-refractivity contribution is -0.686. The van der Waals surface area contributed by atoms with Gasteiger partial charge in [0.25, 0.3) is 0 Å². The average Bonchev–Trinajstić information content (AvgIpc) is 2.87. The largest absolute Gasteiger partial charge is 0.493 e. The third-order valence-corrected chi connectivity index (χ3v) is 7.01. The molecule has 3 aromatic rings. The van der Waals surface area contributed by atoms with E-state index in [9.17, 15) is 5.11 Å². The number of aliphatic hydroxyl groups excluding tert-OH is 1. The minimum atomic E-state index is -0.154. The molecular weight excluding hydrogens is 432 g/mol. The molecule has 0 radical (unpaired) electrons. The van der Waals surface area contributed by atoms with E-state index < -0.39 is 0 Å². The van der Waals surface area contributed by atoms with Crippen molar-refractivity contribution in [1.82, 2.24) is 4.90 Å². The second-order valence-electron chi connectivity index (χ2n) is 8.99. The number of rotatable bonds is 7. The molecule has 180 valence electrons. The van der Waals surface area contributed by atoms with Gasteiger partial charge in [0.2, 0.25) is 5.69 Å². The van der Waals surface area contributed by atoms with Gasteiger partial charge in [0.05, 0.1) is 38.4 Å². The molecule has 0 saturated carbocycles. The van der Waals surface area contributed by atoms with Crippen LogP contribution in [0.15, 0.2) is 36.5 Å². The summed E-state index contributed by atoms with van der Waals surface area (Å²) in [4.78, 5) is 2.35. The van der Waals surface area contributed by atoms with Gasteiger partial charge in [0.15, 0.2) is 35.7 Å². The number of benzene rings is 2. The zero-order valence-corrected chi connectivity index (χ0v) is 20.2. The van der Waals surface area contributed by atoms with Crippen molar-refractivity contribution in [2.45, 2.75) is 31.9 Å². The van der Waals surface area contributed by atoms with Crippen LogP contribution in [-0.4, -0.2) is 63.7 Å². The molecule has 7 heteroatoms. The Morgan fingerprint density at radius 3 is 2.50 bits per heavy atom. The molecule has 2 aromatic carbocycles. The summed E-state index contributed by atoms with van der Waals surface area (Å²) >= 11 is 0. The molecule has 3 heterocycles. The Hall–Kier alpha value is -3.03. The van der Waals surface area contributed by atoms with E-state index in [2.05, 4.69) is 39.9 Å². The Kier molecular flexibility index (Phi) is 6.48. The summed E-state index contributed by atoms with van der Waals surface area (Å²) in [6, 6.07) is 10.5. The fourth-order valence-electron chi connectivity index (χ4n) is 5.09. The van der Waals surface area contributed by atoms with Gasteiger partial charge in [-0.3, -0.25) is 4.90 Å². The van der Waals surface area contributed by atoms with Gasteiger partial charge in [-0.25, -0.2) is 0 Å². The molecule has 1 fully saturated rings. The molecular formula is C27H33N2O5+. The highest BCUT2D eigenvalue weighted by Crippen LogP contribution is 2.40. The number of pyridine rings is 1. The van der Waals surface area contributed by atoms with E-state index in [1.165, 1.54) is 5.56 Å². The van der Waals surface area contributed by atoms with Crippen LogP contribution < -0.4 is 23.5 Å². The van der Waals surface area contributed by atoms with Gasteiger partial charge in [-0.05, 0) is 48.1 Å². The van der Waals surface area contributed by atoms with Crippen molar-refractivity contribution in [2.75, 3.05) is 47.6 Å². The number of hydrogen-bond acceptors (Lipinski definition) is 6. The van der Waals surface area contributed by atoms with Gasteiger partial charge in [-0.2, -0.15) is 4.57 Å². The van der Waals surface area contributed by atoms with E-state index >= 15 is 0 Å². The van der Waals surface area contributed by atoms with Crippen molar-refractivity contribution in [2.24, 2.45) is 0 Å². The van der Waals surface area contributed by atoms with Crippen molar-refractivity contribution in [3.8, 4) is 34.3 Å². The molecule has 0 amide bonds. The zero-order valence-electron chi connectivity index (χ0n) is 20.2. The molecule has 34 heavy (non-hydrogen) atoms. The van der Waals surface area contributed by atoms with E-state index in [1.54, 1.807) is 21.3 Å². The van der Waals surface area contributed by atoms with Crippen molar-refractivity contribution >= 4 is 10.8 Å². The standard InChI is InChI=1S/C27H33N2O5/c1-31-24-5-4-18-14-23-21-16-25(32-2)26(34-13-12-28-9-7-20(30)8-10-28)15-19(21)6-11-29(23)17-22(18)27(24)33-3/h4-5,14-17,20,30H,6-13H2,1-3H3/q+1. The summed E-state index contributed by atoms with van der Waals surface area (Å²) in [5.41, 5.74) is 3.58. The van der Waals surface area contributed by atoms with Crippen LogP contribution in [0.25, 0.3) is 22.0 Å². The fourth-order valence-corrected chi connectivity index (χ4v) is 5.09. The molecule has 2 aliphatic heterocycles. The van der Waals surface area contributed by atoms with Crippen molar-refractivity contribution < 1.29 is 28.6 Å². The number of likely N-dealkylation sites (tertiary alicyclic amines) is 1. The monoisotopic (exact) mass is 465 g/mol. The van der Waals surface area contributed by atoms with Crippen molar-refractivity contribution in [3.05, 3.63) is 42.1 Å². The molecule has 0 atom stereocenters. The summed E-state index contributed by atoms with van der Waals surface area (Å²) in [6.45, 7) is 4.17. The smallest absolute Gasteiger partial charge is 0.213 e. The predicted octanol–water partition coefficient (Wildman–Crippen LogP) is 3.21. The maximum Gasteiger partial charge on any atom is 0.213 e. The molecule has 1 saturated heterocycles. The lowest BCUT2D eigenvalue weighted by Crippen LogP contribution is -2.40. The molecule has 2 aliphatic rings. The van der Waals surface area contributed by atoms with Crippen LogP contribution in [0.2, 0.25) is 0 Å². The number of ether oxygens (including phenoxy) is 4. The quantitative estimate of drug-likeness (QED) is 0.541. The number of aromatic nitrogens is 1. The minimum Gasteiger partial charge on any atom is -0.493 e. The molecule has 0 spiro atoms. The minimum absolute atomic E-state index is 0.154. The number of methoxy groups -OCH3 is 3. The second-order valence-corrected chi connectivity index (χ2v) is 8.99. The Balaban J connectivity index is 1.42. The molecule has 0 aliphatic carbocycles. The first-order valence-corrected chi connectivity index (χ1v) is 11.9. The molecule has 0 bridgehead atoms. The number of nitrogens with zero attached hydrogens (tertiary/aromatic N) is 2. The highest BCUT2D eigenvalue weighted by atomic mass is 16.5. The SMILES string of the molecule is COc1cc2c(cc1OCCN1CCC(O)CC1)CC[n+]1cc3c(OC)c(OC)ccc3cc1-2. The van der Waals surface area contributed by atoms with Gasteiger partial charge >= 0.3 is 0 Å². The van der Waals surface area contributed by atoms with Gasteiger partial charge in [0.1, 0.15) is 6.61 Å². The van der Waals surface area contributed by atoms with Gasteiger partial charge in [0, 0.05) is 32.1 Å². The molecule has 5 rings (SSSR count). The van der Waals surface area contributed by atoms with Crippen molar-refractivity contribution in [1.29, 1.82) is 0 Å². The number of hydrogen-bond donors (Lipinski definition) is 1. The Morgan fingerprint density at radius 1 is 0.971 bits per heavy atom. The number of aryl methyl sites for hydroxylation is 2. The third kappa shape index (κ3) is 4.26. The average molecular weight is 466 g/mol. The van der Waals surface area contributed by atoms with Crippen LogP contribution in [0.1, 0.15) is 18.4 Å². The summed E-state index contributed by atoms with van der Waals surface area (Å²) in [5, 5.41) is 11.8. The summed E-state index contributed by atoms with van der Waals surface area (Å²) < 4.78 is 25.3. The number of aliphatic hydroxyl groups is 1. The Morgan fingerprint density at radius 2 is 1.76 bits per heavy atom. The zero-order chi connectivity index (χ0) is 23.7. The second kappa shape index (κ2) is 9.68. The predicted molar refractivity (Wildman–Crippen MR) is 130 cm³/mol. The highest BCUT2D eigenvalue weighted by Gasteiger charge is 2.27. The van der Waals surface area contributed by atoms with Gasteiger partial charge in [-0.1, -0.05) is 0 Å². The first-order valence-electron chi connectivity index (χ1n) is 11.9. The van der Waals surface area contributed by atoms with E-state index in [1.807, 2.05) is 6.07 Å². The fraction of sp³-hybridized carbons (Fsp3) is 0.444. The van der Waals surface area contributed by atoms with E-state index in [0.717, 1.165) is 90.5 Å². The maximum absolute atomic E-state index is 9.70. The third-order valence-electron chi connectivity index (χ3n) is 7.01. The van der Waals surface area contributed by atoms with Crippen LogP contribution in [0.3, 0.4) is 0 Å². The molecule has 7 nitrogen and oxygen atoms in total. The van der Waals surface area contributed by atoms with E-state index in [-0.39, 0.29) is 6.10 Å². The first kappa shape index (κ1) is 22.7. The van der Waals surface area contributed by atoms with Crippen LogP contribution in [0.5, 0.6) is 23.0 Å². The summed E-state index contributed by atoms with van der Waals surface area (Å²) in [6.07, 6.45) is 4.59. The highest BCUT2D eigenvalue weighted by molar-refractivity contribution is 5.91. The Bertz CT molecular complexity index is 1190. The lowest BCUT2D eigenvalue weighted by atomic mass is 9.95. The van der Waals surface area contributed by atoms with Crippen LogP contribution in [0.4, 0.5) is 0 Å². The van der Waals surface area contributed by atoms with Crippen LogP contribution in [-0.2, 0) is 13.0 Å². The van der Waals surface area contributed by atoms with E-state index in [0.29, 0.717) is 6.61 Å². The lowest BCUT2D eigenvalue weighted by Gasteiger charge is -2.29.